The molecule has 0 N–H and O–H groups in total. The molecule has 0 spiro atoms. The molecule has 0 aromatic carbocycles. The van der Waals surface area contributed by atoms with Crippen LogP contribution in [-0.4, -0.2) is 57.7 Å². The molecule has 25 heavy (non-hydrogen) atoms. The van der Waals surface area contributed by atoms with Crippen LogP contribution < -0.4 is 5.56 Å². The molecule has 1 aliphatic heterocycles. The molecule has 1 aromatic rings. The van der Waals surface area contributed by atoms with Crippen molar-refractivity contribution < 1.29 is 4.79 Å². The largest absolute Gasteiger partial charge is 0.339 e. The first-order chi connectivity index (χ1) is 11.9. The maximum atomic E-state index is 12.8. The Morgan fingerprint density at radius 2 is 2.04 bits per heavy atom. The first kappa shape index (κ1) is 18.1. The van der Waals surface area contributed by atoms with Gasteiger partial charge < -0.3 is 4.90 Å². The summed E-state index contributed by atoms with van der Waals surface area (Å²) < 4.78 is 1.29. The van der Waals surface area contributed by atoms with E-state index in [0.29, 0.717) is 12.0 Å². The minimum absolute atomic E-state index is 0.000813. The van der Waals surface area contributed by atoms with E-state index in [1.807, 2.05) is 11.8 Å². The molecule has 2 aliphatic rings. The maximum Gasteiger partial charge on any atom is 0.267 e. The molecule has 2 fully saturated rings. The number of amides is 1. The van der Waals surface area contributed by atoms with Gasteiger partial charge in [-0.25, -0.2) is 4.68 Å². The molecule has 6 nitrogen and oxygen atoms in total. The summed E-state index contributed by atoms with van der Waals surface area (Å²) in [6.07, 6.45) is 3.70. The van der Waals surface area contributed by atoms with E-state index in [4.69, 9.17) is 0 Å². The molecule has 1 atom stereocenters. The van der Waals surface area contributed by atoms with E-state index in [1.54, 1.807) is 6.07 Å². The van der Waals surface area contributed by atoms with Crippen LogP contribution in [0.2, 0.25) is 0 Å². The van der Waals surface area contributed by atoms with E-state index in [2.05, 4.69) is 23.8 Å². The summed E-state index contributed by atoms with van der Waals surface area (Å²) in [6.45, 7) is 10.1. The number of aromatic nitrogens is 2. The van der Waals surface area contributed by atoms with Gasteiger partial charge in [-0.3, -0.25) is 14.5 Å². The SMILES string of the molecule is Cc1ccc(=O)n(CC(=O)N2CCCN(CC3CC3)[C@H](C(C)C)C2)n1. The molecule has 1 saturated heterocycles. The van der Waals surface area contributed by atoms with Crippen LogP contribution in [0.5, 0.6) is 0 Å². The van der Waals surface area contributed by atoms with Crippen LogP contribution in [-0.2, 0) is 11.3 Å². The highest BCUT2D eigenvalue weighted by molar-refractivity contribution is 5.76. The van der Waals surface area contributed by atoms with Gasteiger partial charge in [0.1, 0.15) is 6.54 Å². The maximum absolute atomic E-state index is 12.8. The molecule has 2 heterocycles. The van der Waals surface area contributed by atoms with E-state index in [1.165, 1.54) is 30.1 Å². The summed E-state index contributed by atoms with van der Waals surface area (Å²) in [5.74, 6) is 1.37. The van der Waals surface area contributed by atoms with Crippen molar-refractivity contribution in [2.24, 2.45) is 11.8 Å². The van der Waals surface area contributed by atoms with E-state index in [0.717, 1.165) is 37.7 Å². The van der Waals surface area contributed by atoms with Crippen molar-refractivity contribution in [3.8, 4) is 0 Å². The molecular formula is C19H30N4O2. The normalized spacial score (nSPS) is 22.2. The molecule has 0 bridgehead atoms. The lowest BCUT2D eigenvalue weighted by atomic mass is 10.0. The topological polar surface area (TPSA) is 58.4 Å². The monoisotopic (exact) mass is 346 g/mol. The second kappa shape index (κ2) is 7.68. The van der Waals surface area contributed by atoms with Crippen molar-refractivity contribution in [1.29, 1.82) is 0 Å². The second-order valence-corrected chi connectivity index (χ2v) is 7.91. The molecule has 6 heteroatoms. The molecule has 3 rings (SSSR count). The third-order valence-electron chi connectivity index (χ3n) is 5.35. The summed E-state index contributed by atoms with van der Waals surface area (Å²) in [5.41, 5.74) is 0.531. The van der Waals surface area contributed by atoms with Gasteiger partial charge in [-0.05, 0) is 44.1 Å². The number of hydrogen-bond acceptors (Lipinski definition) is 4. The van der Waals surface area contributed by atoms with Crippen molar-refractivity contribution in [1.82, 2.24) is 19.6 Å². The van der Waals surface area contributed by atoms with E-state index >= 15 is 0 Å². The van der Waals surface area contributed by atoms with Crippen molar-refractivity contribution >= 4 is 5.91 Å². The molecule has 138 valence electrons. The van der Waals surface area contributed by atoms with Gasteiger partial charge >= 0.3 is 0 Å². The van der Waals surface area contributed by atoms with E-state index in [-0.39, 0.29) is 18.0 Å². The van der Waals surface area contributed by atoms with Crippen LogP contribution in [0, 0.1) is 18.8 Å². The van der Waals surface area contributed by atoms with Crippen molar-refractivity contribution in [2.45, 2.75) is 52.6 Å². The molecular weight excluding hydrogens is 316 g/mol. The Kier molecular flexibility index (Phi) is 5.57. The van der Waals surface area contributed by atoms with Crippen LogP contribution in [0.1, 0.15) is 38.8 Å². The highest BCUT2D eigenvalue weighted by Crippen LogP contribution is 2.31. The van der Waals surface area contributed by atoms with Crippen molar-refractivity contribution in [2.75, 3.05) is 26.2 Å². The van der Waals surface area contributed by atoms with Gasteiger partial charge in [-0.2, -0.15) is 5.10 Å². The van der Waals surface area contributed by atoms with Gasteiger partial charge in [-0.1, -0.05) is 13.8 Å². The lowest BCUT2D eigenvalue weighted by molar-refractivity contribution is -0.132. The van der Waals surface area contributed by atoms with Crippen LogP contribution in [0.15, 0.2) is 16.9 Å². The molecule has 0 unspecified atom stereocenters. The molecule has 1 aliphatic carbocycles. The number of nitrogens with zero attached hydrogens (tertiary/aromatic N) is 4. The van der Waals surface area contributed by atoms with Crippen LogP contribution >= 0.6 is 0 Å². The van der Waals surface area contributed by atoms with Crippen LogP contribution in [0.4, 0.5) is 0 Å². The predicted octanol–water partition coefficient (Wildman–Crippen LogP) is 1.52. The highest BCUT2D eigenvalue weighted by atomic mass is 16.2. The Morgan fingerprint density at radius 1 is 1.28 bits per heavy atom. The fraction of sp³-hybridized carbons (Fsp3) is 0.737. The highest BCUT2D eigenvalue weighted by Gasteiger charge is 2.33. The first-order valence-electron chi connectivity index (χ1n) is 9.50. The van der Waals surface area contributed by atoms with Gasteiger partial charge in [0, 0.05) is 38.3 Å². The quantitative estimate of drug-likeness (QED) is 0.811. The lowest BCUT2D eigenvalue weighted by Crippen LogP contribution is -2.47. The Labute approximate surface area is 149 Å². The number of hydrogen-bond donors (Lipinski definition) is 0. The standard InChI is InChI=1S/C19H30N4O2/c1-14(2)17-12-22(10-4-9-21(17)11-16-6-7-16)19(25)13-23-18(24)8-5-15(3)20-23/h5,8,14,16-17H,4,6-7,9-13H2,1-3H3/t17-/m0/s1. The molecule has 1 saturated carbocycles. The minimum atomic E-state index is -0.218. The number of aryl methyl sites for hydroxylation is 1. The first-order valence-corrected chi connectivity index (χ1v) is 9.50. The third kappa shape index (κ3) is 4.69. The third-order valence-corrected chi connectivity index (χ3v) is 5.35. The Bertz CT molecular complexity index is 666. The van der Waals surface area contributed by atoms with Crippen molar-refractivity contribution in [3.05, 3.63) is 28.2 Å². The smallest absolute Gasteiger partial charge is 0.267 e. The summed E-state index contributed by atoms with van der Waals surface area (Å²) in [6, 6.07) is 3.56. The zero-order valence-electron chi connectivity index (χ0n) is 15.6. The minimum Gasteiger partial charge on any atom is -0.339 e. The summed E-state index contributed by atoms with van der Waals surface area (Å²) in [4.78, 5) is 29.3. The summed E-state index contributed by atoms with van der Waals surface area (Å²) in [5, 5.41) is 4.19. The molecule has 1 aromatic heterocycles. The Hall–Kier alpha value is -1.69. The fourth-order valence-electron chi connectivity index (χ4n) is 3.67. The van der Waals surface area contributed by atoms with Gasteiger partial charge in [-0.15, -0.1) is 0 Å². The number of rotatable bonds is 5. The Morgan fingerprint density at radius 3 is 2.72 bits per heavy atom. The lowest BCUT2D eigenvalue weighted by Gasteiger charge is -2.34. The van der Waals surface area contributed by atoms with Gasteiger partial charge in [0.15, 0.2) is 0 Å². The van der Waals surface area contributed by atoms with Crippen LogP contribution in [0.3, 0.4) is 0 Å². The van der Waals surface area contributed by atoms with E-state index in [9.17, 15) is 9.59 Å². The Balaban J connectivity index is 1.69. The van der Waals surface area contributed by atoms with Crippen molar-refractivity contribution in [3.63, 3.8) is 0 Å². The zero-order chi connectivity index (χ0) is 18.0. The van der Waals surface area contributed by atoms with Gasteiger partial charge in [0.25, 0.3) is 5.56 Å². The fourth-order valence-corrected chi connectivity index (χ4v) is 3.67. The average Bonchev–Trinajstić information content (AvgIpc) is 3.38. The number of carbonyl (C=O) groups is 1. The van der Waals surface area contributed by atoms with Crippen LogP contribution in [0.25, 0.3) is 0 Å². The zero-order valence-corrected chi connectivity index (χ0v) is 15.6. The molecule has 0 radical (unpaired) electrons. The van der Waals surface area contributed by atoms with Gasteiger partial charge in [0.05, 0.1) is 5.69 Å². The summed E-state index contributed by atoms with van der Waals surface area (Å²) >= 11 is 0. The van der Waals surface area contributed by atoms with E-state index < -0.39 is 0 Å². The predicted molar refractivity (Wildman–Crippen MR) is 97.4 cm³/mol. The molecule has 1 amide bonds. The summed E-state index contributed by atoms with van der Waals surface area (Å²) in [7, 11) is 0. The average molecular weight is 346 g/mol. The number of carbonyl (C=O) groups excluding carboxylic acids is 1. The second-order valence-electron chi connectivity index (χ2n) is 7.91. The van der Waals surface area contributed by atoms with Gasteiger partial charge in [0.2, 0.25) is 5.91 Å².